The molecule has 2 aliphatic heterocycles. The van der Waals surface area contributed by atoms with Gasteiger partial charge >= 0.3 is 0 Å². The number of rotatable bonds is 3. The molecule has 0 aliphatic carbocycles. The summed E-state index contributed by atoms with van der Waals surface area (Å²) in [5, 5.41) is 15.7. The van der Waals surface area contributed by atoms with Gasteiger partial charge < -0.3 is 14.2 Å². The summed E-state index contributed by atoms with van der Waals surface area (Å²) in [7, 11) is 0. The van der Waals surface area contributed by atoms with Crippen molar-refractivity contribution in [2.24, 2.45) is 0 Å². The summed E-state index contributed by atoms with van der Waals surface area (Å²) in [5.74, 6) is 2.03. The number of amides is 1. The number of H-pyrrole nitrogens is 1. The summed E-state index contributed by atoms with van der Waals surface area (Å²) in [6.07, 6.45) is 2.66. The van der Waals surface area contributed by atoms with Gasteiger partial charge in [0, 0.05) is 30.1 Å². The minimum absolute atomic E-state index is 0.0293. The van der Waals surface area contributed by atoms with E-state index in [1.54, 1.807) is 6.33 Å². The van der Waals surface area contributed by atoms with Crippen molar-refractivity contribution in [3.8, 4) is 17.0 Å². The fraction of sp³-hybridized carbons (Fsp3) is 0.400. The summed E-state index contributed by atoms with van der Waals surface area (Å²) in [5.41, 5.74) is 3.09. The van der Waals surface area contributed by atoms with Crippen LogP contribution in [-0.2, 0) is 6.61 Å². The van der Waals surface area contributed by atoms with Gasteiger partial charge in [-0.25, -0.2) is 0 Å². The molecule has 1 N–H and O–H groups in total. The van der Waals surface area contributed by atoms with Gasteiger partial charge in [-0.3, -0.25) is 9.89 Å². The Labute approximate surface area is 162 Å². The van der Waals surface area contributed by atoms with Gasteiger partial charge in [0.1, 0.15) is 35.9 Å². The van der Waals surface area contributed by atoms with Crippen molar-refractivity contribution in [3.63, 3.8) is 0 Å². The fourth-order valence-electron chi connectivity index (χ4n) is 4.10. The van der Waals surface area contributed by atoms with Gasteiger partial charge in [0.05, 0.1) is 6.04 Å². The maximum Gasteiger partial charge on any atom is 0.272 e. The number of para-hydroxylation sites is 1. The Hall–Kier alpha value is -3.16. The van der Waals surface area contributed by atoms with Crippen LogP contribution in [-0.4, -0.2) is 48.9 Å². The second kappa shape index (κ2) is 6.47. The molecule has 1 unspecified atom stereocenters. The Balaban J connectivity index is 1.39. The smallest absolute Gasteiger partial charge is 0.272 e. The van der Waals surface area contributed by atoms with Crippen LogP contribution < -0.4 is 4.74 Å². The van der Waals surface area contributed by atoms with Gasteiger partial charge in [0.25, 0.3) is 5.91 Å². The zero-order chi connectivity index (χ0) is 19.3. The lowest BCUT2D eigenvalue weighted by atomic mass is 10.0. The van der Waals surface area contributed by atoms with E-state index in [0.29, 0.717) is 31.3 Å². The molecular formula is C20H22N6O2. The van der Waals surface area contributed by atoms with Crippen molar-refractivity contribution in [3.05, 3.63) is 47.7 Å². The highest BCUT2D eigenvalue weighted by Gasteiger charge is 2.33. The van der Waals surface area contributed by atoms with E-state index < -0.39 is 0 Å². The number of carbonyl (C=O) groups excluding carboxylic acids is 1. The predicted octanol–water partition coefficient (Wildman–Crippen LogP) is 2.77. The Bertz CT molecular complexity index is 1040. The first-order chi connectivity index (χ1) is 13.6. The van der Waals surface area contributed by atoms with Crippen LogP contribution in [0.15, 0.2) is 30.6 Å². The molecule has 0 saturated carbocycles. The van der Waals surface area contributed by atoms with Gasteiger partial charge in [0.15, 0.2) is 0 Å². The molecule has 8 nitrogen and oxygen atoms in total. The van der Waals surface area contributed by atoms with E-state index in [9.17, 15) is 4.79 Å². The molecule has 1 amide bonds. The molecule has 3 aromatic rings. The largest absolute Gasteiger partial charge is 0.488 e. The average Bonchev–Trinajstić information content (AvgIpc) is 3.45. The predicted molar refractivity (Wildman–Crippen MR) is 102 cm³/mol. The fourth-order valence-corrected chi connectivity index (χ4v) is 4.10. The molecule has 0 bridgehead atoms. The van der Waals surface area contributed by atoms with Crippen molar-refractivity contribution in [1.82, 2.24) is 29.9 Å². The molecule has 1 fully saturated rings. The van der Waals surface area contributed by atoms with E-state index in [-0.39, 0.29) is 11.9 Å². The third-order valence-corrected chi connectivity index (χ3v) is 5.56. The highest BCUT2D eigenvalue weighted by Crippen LogP contribution is 2.37. The first-order valence-corrected chi connectivity index (χ1v) is 9.61. The summed E-state index contributed by atoms with van der Waals surface area (Å²) in [6.45, 7) is 5.90. The number of benzene rings is 1. The quantitative estimate of drug-likeness (QED) is 0.757. The third-order valence-electron chi connectivity index (χ3n) is 5.56. The van der Waals surface area contributed by atoms with Gasteiger partial charge in [-0.2, -0.15) is 5.10 Å². The van der Waals surface area contributed by atoms with Crippen molar-refractivity contribution in [2.45, 2.75) is 38.8 Å². The number of fused-ring (bicyclic) bond motifs is 3. The lowest BCUT2D eigenvalue weighted by Crippen LogP contribution is -2.30. The lowest BCUT2D eigenvalue weighted by Gasteiger charge is -2.20. The SMILES string of the molecule is CC(C)c1nncn1C1CCN(C(=O)c2[nH]nc3c2COc2ccccc2-3)C1. The van der Waals surface area contributed by atoms with E-state index >= 15 is 0 Å². The third kappa shape index (κ3) is 2.59. The highest BCUT2D eigenvalue weighted by atomic mass is 16.5. The second-order valence-electron chi connectivity index (χ2n) is 7.66. The zero-order valence-corrected chi connectivity index (χ0v) is 15.9. The van der Waals surface area contributed by atoms with Crippen LogP contribution in [0, 0.1) is 0 Å². The first-order valence-electron chi connectivity index (χ1n) is 9.61. The Kier molecular flexibility index (Phi) is 3.92. The van der Waals surface area contributed by atoms with E-state index in [1.807, 2.05) is 29.2 Å². The normalized spacial score (nSPS) is 18.1. The lowest BCUT2D eigenvalue weighted by molar-refractivity contribution is 0.0779. The number of hydrogen-bond acceptors (Lipinski definition) is 5. The average molecular weight is 378 g/mol. The monoisotopic (exact) mass is 378 g/mol. The number of carbonyl (C=O) groups is 1. The molecule has 5 rings (SSSR count). The van der Waals surface area contributed by atoms with Crippen LogP contribution in [0.2, 0.25) is 0 Å². The molecule has 2 aliphatic rings. The summed E-state index contributed by atoms with van der Waals surface area (Å²) in [6, 6.07) is 7.97. The van der Waals surface area contributed by atoms with E-state index in [0.717, 1.165) is 34.8 Å². The Morgan fingerprint density at radius 1 is 1.32 bits per heavy atom. The van der Waals surface area contributed by atoms with E-state index in [1.165, 1.54) is 0 Å². The second-order valence-corrected chi connectivity index (χ2v) is 7.66. The molecule has 1 aromatic carbocycles. The minimum atomic E-state index is -0.0293. The van der Waals surface area contributed by atoms with Gasteiger partial charge in [-0.05, 0) is 18.6 Å². The van der Waals surface area contributed by atoms with Crippen LogP contribution in [0.5, 0.6) is 5.75 Å². The number of nitrogens with one attached hydrogen (secondary N) is 1. The summed E-state index contributed by atoms with van der Waals surface area (Å²) in [4.78, 5) is 15.1. The molecule has 4 heterocycles. The number of ether oxygens (including phenoxy) is 1. The maximum atomic E-state index is 13.2. The summed E-state index contributed by atoms with van der Waals surface area (Å²) >= 11 is 0. The molecule has 8 heteroatoms. The van der Waals surface area contributed by atoms with Crippen molar-refractivity contribution in [2.75, 3.05) is 13.1 Å². The molecular weight excluding hydrogens is 356 g/mol. The maximum absolute atomic E-state index is 13.2. The number of aromatic nitrogens is 5. The van der Waals surface area contributed by atoms with Crippen LogP contribution in [0.3, 0.4) is 0 Å². The van der Waals surface area contributed by atoms with Crippen molar-refractivity contribution in [1.29, 1.82) is 0 Å². The van der Waals surface area contributed by atoms with Crippen molar-refractivity contribution < 1.29 is 9.53 Å². The number of hydrogen-bond donors (Lipinski definition) is 1. The molecule has 1 atom stereocenters. The minimum Gasteiger partial charge on any atom is -0.488 e. The molecule has 2 aromatic heterocycles. The van der Waals surface area contributed by atoms with Gasteiger partial charge in [-0.1, -0.05) is 26.0 Å². The molecule has 1 saturated heterocycles. The number of aromatic amines is 1. The standard InChI is InChI=1S/C20H22N6O2/c1-12(2)19-24-21-11-26(19)13-7-8-25(9-13)20(27)18-15-10-28-16-6-4-3-5-14(16)17(15)22-23-18/h3-6,11-13H,7-10H2,1-2H3,(H,22,23). The topological polar surface area (TPSA) is 88.9 Å². The molecule has 0 spiro atoms. The van der Waals surface area contributed by atoms with Gasteiger partial charge in [0.2, 0.25) is 0 Å². The summed E-state index contributed by atoms with van der Waals surface area (Å²) < 4.78 is 7.94. The van der Waals surface area contributed by atoms with Crippen LogP contribution in [0.25, 0.3) is 11.3 Å². The Morgan fingerprint density at radius 2 is 2.18 bits per heavy atom. The molecule has 0 radical (unpaired) electrons. The first kappa shape index (κ1) is 17.0. The van der Waals surface area contributed by atoms with Crippen LogP contribution >= 0.6 is 0 Å². The van der Waals surface area contributed by atoms with Crippen LogP contribution in [0.1, 0.15) is 54.1 Å². The van der Waals surface area contributed by atoms with Crippen LogP contribution in [0.4, 0.5) is 0 Å². The molecule has 28 heavy (non-hydrogen) atoms. The van der Waals surface area contributed by atoms with Crippen molar-refractivity contribution >= 4 is 5.91 Å². The Morgan fingerprint density at radius 3 is 3.04 bits per heavy atom. The van der Waals surface area contributed by atoms with E-state index in [2.05, 4.69) is 38.8 Å². The molecule has 144 valence electrons. The number of nitrogens with zero attached hydrogens (tertiary/aromatic N) is 5. The number of likely N-dealkylation sites (tertiary alicyclic amines) is 1. The highest BCUT2D eigenvalue weighted by molar-refractivity contribution is 5.96. The van der Waals surface area contributed by atoms with Gasteiger partial charge in [-0.15, -0.1) is 10.2 Å². The zero-order valence-electron chi connectivity index (χ0n) is 15.9. The van der Waals surface area contributed by atoms with E-state index in [4.69, 9.17) is 4.74 Å².